The van der Waals surface area contributed by atoms with Crippen molar-refractivity contribution in [1.82, 2.24) is 19.3 Å². The van der Waals surface area contributed by atoms with E-state index in [2.05, 4.69) is 10.1 Å². The number of carboxylic acid groups (broad SMARTS) is 1. The van der Waals surface area contributed by atoms with Gasteiger partial charge in [0.25, 0.3) is 6.08 Å². The number of carboxylic acids is 1. The molecular formula is C23H21F5N6O4. The van der Waals surface area contributed by atoms with Crippen LogP contribution in [0.4, 0.5) is 33.5 Å². The van der Waals surface area contributed by atoms with E-state index >= 15 is 0 Å². The number of carbonyl (C=O) groups is 2. The molecule has 3 heterocycles. The Kier molecular flexibility index (Phi) is 8.40. The van der Waals surface area contributed by atoms with E-state index in [-0.39, 0.29) is 23.8 Å². The summed E-state index contributed by atoms with van der Waals surface area (Å²) in [6.45, 7) is 1.13. The molecule has 1 aromatic carbocycles. The molecular weight excluding hydrogens is 519 g/mol. The molecule has 0 fully saturated rings. The first-order chi connectivity index (χ1) is 17.8. The van der Waals surface area contributed by atoms with Crippen molar-refractivity contribution in [1.29, 1.82) is 0 Å². The molecule has 3 aromatic rings. The molecule has 202 valence electrons. The van der Waals surface area contributed by atoms with E-state index in [1.165, 1.54) is 6.33 Å². The average Bonchev–Trinajstić information content (AvgIpc) is 3.22. The lowest BCUT2D eigenvalue weighted by Gasteiger charge is -2.30. The zero-order chi connectivity index (χ0) is 28.2. The molecule has 15 heteroatoms. The highest BCUT2D eigenvalue weighted by atomic mass is 19.4. The smallest absolute Gasteiger partial charge is 0.475 e. The second-order valence-electron chi connectivity index (χ2n) is 7.98. The third kappa shape index (κ3) is 6.11. The Morgan fingerprint density at radius 3 is 2.32 bits per heavy atom. The molecule has 0 unspecified atom stereocenters. The van der Waals surface area contributed by atoms with E-state index in [0.29, 0.717) is 18.7 Å². The number of aromatic nitrogens is 4. The van der Waals surface area contributed by atoms with Crippen LogP contribution in [0, 0.1) is 6.92 Å². The third-order valence-corrected chi connectivity index (χ3v) is 5.43. The summed E-state index contributed by atoms with van der Waals surface area (Å²) in [6, 6.07) is 10.8. The van der Waals surface area contributed by atoms with Crippen molar-refractivity contribution in [3.63, 3.8) is 0 Å². The zero-order valence-electron chi connectivity index (χ0n) is 19.7. The van der Waals surface area contributed by atoms with Crippen molar-refractivity contribution in [3.8, 4) is 5.82 Å². The van der Waals surface area contributed by atoms with E-state index in [0.717, 1.165) is 26.1 Å². The summed E-state index contributed by atoms with van der Waals surface area (Å²) < 4.78 is 59.6. The molecule has 0 aliphatic carbocycles. The second-order valence-corrected chi connectivity index (χ2v) is 7.98. The van der Waals surface area contributed by atoms with E-state index in [1.54, 1.807) is 23.1 Å². The van der Waals surface area contributed by atoms with Crippen molar-refractivity contribution in [2.45, 2.75) is 32.5 Å². The van der Waals surface area contributed by atoms with Gasteiger partial charge in [-0.3, -0.25) is 9.69 Å². The predicted molar refractivity (Wildman–Crippen MR) is 124 cm³/mol. The van der Waals surface area contributed by atoms with Crippen LogP contribution in [0.15, 0.2) is 59.2 Å². The number of pyridine rings is 1. The Balaban J connectivity index is 0.000000505. The van der Waals surface area contributed by atoms with Gasteiger partial charge in [0.05, 0.1) is 12.2 Å². The maximum atomic E-state index is 12.9. The fourth-order valence-corrected chi connectivity index (χ4v) is 3.62. The molecule has 1 amide bonds. The number of aliphatic carboxylic acids is 1. The number of halogens is 5. The number of nitrogens with zero attached hydrogens (tertiary/aromatic N) is 5. The van der Waals surface area contributed by atoms with Gasteiger partial charge in [0.1, 0.15) is 18.0 Å². The third-order valence-electron chi connectivity index (χ3n) is 5.43. The number of nitrogens with two attached hydrogens (primary N) is 1. The monoisotopic (exact) mass is 540 g/mol. The van der Waals surface area contributed by atoms with E-state index in [4.69, 9.17) is 15.6 Å². The van der Waals surface area contributed by atoms with Crippen molar-refractivity contribution >= 4 is 23.4 Å². The molecule has 10 nitrogen and oxygen atoms in total. The minimum absolute atomic E-state index is 0.0920. The first-order valence-electron chi connectivity index (χ1n) is 10.9. The summed E-state index contributed by atoms with van der Waals surface area (Å²) in [5.41, 5.74) is 7.09. The highest BCUT2D eigenvalue weighted by Gasteiger charge is 2.38. The number of carbonyl (C=O) groups excluding carboxylic acids is 1. The van der Waals surface area contributed by atoms with Crippen LogP contribution in [0.5, 0.6) is 0 Å². The highest BCUT2D eigenvalue weighted by molar-refractivity contribution is 6.03. The van der Waals surface area contributed by atoms with Crippen molar-refractivity contribution in [2.75, 3.05) is 11.4 Å². The molecule has 1 aliphatic heterocycles. The fourth-order valence-electron chi connectivity index (χ4n) is 3.62. The summed E-state index contributed by atoms with van der Waals surface area (Å²) in [5, 5.41) is 11.0. The normalized spacial score (nSPS) is 12.9. The van der Waals surface area contributed by atoms with Crippen LogP contribution in [-0.4, -0.2) is 49.0 Å². The maximum Gasteiger partial charge on any atom is 0.490 e. The summed E-state index contributed by atoms with van der Waals surface area (Å²) in [7, 11) is 0. The standard InChI is InChI=1S/C21H20F2N6O2.C2HF3O2/c1-13-4-2-5-14-8-9-18(30)29(19(13)14)17-7-3-6-16(26-17)27-12-25-28(21(27)31)11-15(10-24)20(22)23;3-2(4,5)1(6)7/h2-7,12H,8-11,24H2,1H3;(H,6,7). The minimum atomic E-state index is -5.08. The Morgan fingerprint density at radius 1 is 1.08 bits per heavy atom. The molecule has 3 N–H and O–H groups in total. The van der Waals surface area contributed by atoms with Gasteiger partial charge in [0, 0.05) is 18.5 Å². The number of hydrogen-bond acceptors (Lipinski definition) is 6. The maximum absolute atomic E-state index is 12.9. The molecule has 4 rings (SSSR count). The Hall–Kier alpha value is -4.40. The zero-order valence-corrected chi connectivity index (χ0v) is 19.7. The topological polar surface area (TPSA) is 136 Å². The van der Waals surface area contributed by atoms with Crippen LogP contribution >= 0.6 is 0 Å². The number of fused-ring (bicyclic) bond motifs is 1. The van der Waals surface area contributed by atoms with Gasteiger partial charge in [-0.15, -0.1) is 0 Å². The molecule has 0 saturated heterocycles. The average molecular weight is 540 g/mol. The molecule has 1 aliphatic rings. The van der Waals surface area contributed by atoms with Crippen LogP contribution in [0.1, 0.15) is 17.5 Å². The van der Waals surface area contributed by atoms with Gasteiger partial charge in [0.15, 0.2) is 0 Å². The van der Waals surface area contributed by atoms with Crippen LogP contribution in [0.2, 0.25) is 0 Å². The summed E-state index contributed by atoms with van der Waals surface area (Å²) in [6.07, 6.45) is -4.80. The van der Waals surface area contributed by atoms with Crippen LogP contribution in [0.25, 0.3) is 5.82 Å². The summed E-state index contributed by atoms with van der Waals surface area (Å²) in [4.78, 5) is 40.4. The molecule has 38 heavy (non-hydrogen) atoms. The van der Waals surface area contributed by atoms with Gasteiger partial charge in [-0.2, -0.15) is 27.1 Å². The van der Waals surface area contributed by atoms with Crippen molar-refractivity contribution < 1.29 is 36.6 Å². The highest BCUT2D eigenvalue weighted by Crippen LogP contribution is 2.36. The number of amides is 1. The predicted octanol–water partition coefficient (Wildman–Crippen LogP) is 3.09. The number of benzene rings is 1. The number of rotatable bonds is 5. The van der Waals surface area contributed by atoms with Crippen LogP contribution in [-0.2, 0) is 22.6 Å². The van der Waals surface area contributed by atoms with E-state index in [1.807, 2.05) is 25.1 Å². The number of hydrogen-bond donors (Lipinski definition) is 2. The Bertz CT molecular complexity index is 1440. The molecule has 2 aromatic heterocycles. The number of alkyl halides is 3. The molecule has 0 spiro atoms. The largest absolute Gasteiger partial charge is 0.490 e. The van der Waals surface area contributed by atoms with Crippen molar-refractivity contribution in [2.24, 2.45) is 5.73 Å². The van der Waals surface area contributed by atoms with Crippen LogP contribution < -0.4 is 16.3 Å². The lowest BCUT2D eigenvalue weighted by Crippen LogP contribution is -2.32. The van der Waals surface area contributed by atoms with Gasteiger partial charge < -0.3 is 10.8 Å². The van der Waals surface area contributed by atoms with Gasteiger partial charge in [-0.05, 0) is 36.6 Å². The van der Waals surface area contributed by atoms with Gasteiger partial charge in [-0.1, -0.05) is 24.3 Å². The van der Waals surface area contributed by atoms with E-state index in [9.17, 15) is 31.5 Å². The molecule has 0 saturated carbocycles. The Labute approximate surface area is 211 Å². The molecule has 0 atom stereocenters. The van der Waals surface area contributed by atoms with Gasteiger partial charge in [-0.25, -0.2) is 23.8 Å². The van der Waals surface area contributed by atoms with Gasteiger partial charge in [0.2, 0.25) is 5.91 Å². The van der Waals surface area contributed by atoms with E-state index < -0.39 is 30.5 Å². The summed E-state index contributed by atoms with van der Waals surface area (Å²) >= 11 is 0. The minimum Gasteiger partial charge on any atom is -0.475 e. The Morgan fingerprint density at radius 2 is 1.71 bits per heavy atom. The first kappa shape index (κ1) is 28.2. The second kappa shape index (κ2) is 11.3. The first-order valence-corrected chi connectivity index (χ1v) is 10.9. The molecule has 0 radical (unpaired) electrons. The van der Waals surface area contributed by atoms with Gasteiger partial charge >= 0.3 is 17.8 Å². The fraction of sp³-hybridized carbons (Fsp3) is 0.261. The SMILES string of the molecule is Cc1cccc2c1N(c1cccc(-n3cnn(CC(CN)=C(F)F)c3=O)n1)C(=O)CC2.O=C(O)C(F)(F)F. The van der Waals surface area contributed by atoms with Crippen molar-refractivity contribution in [3.05, 3.63) is 76.0 Å². The lowest BCUT2D eigenvalue weighted by molar-refractivity contribution is -0.192. The van der Waals surface area contributed by atoms with Crippen LogP contribution in [0.3, 0.4) is 0 Å². The number of aryl methyl sites for hydroxylation is 2. The summed E-state index contributed by atoms with van der Waals surface area (Å²) in [5.74, 6) is -2.26. The number of anilines is 2. The number of para-hydroxylation sites is 1. The lowest BCUT2D eigenvalue weighted by atomic mass is 9.98. The molecule has 0 bridgehead atoms. The quantitative estimate of drug-likeness (QED) is 0.475.